The third kappa shape index (κ3) is 2.29. The number of morpholine rings is 1. The molecule has 6 heteroatoms. The molecule has 0 bridgehead atoms. The third-order valence-electron chi connectivity index (χ3n) is 3.55. The minimum absolute atomic E-state index is 0.00395. The minimum atomic E-state index is 0.00395. The first kappa shape index (κ1) is 12.4. The Hall–Kier alpha value is -1.66. The molecule has 0 spiro atoms. The Morgan fingerprint density at radius 1 is 1.47 bits per heavy atom. The zero-order valence-corrected chi connectivity index (χ0v) is 11.0. The van der Waals surface area contributed by atoms with E-state index < -0.39 is 0 Å². The second-order valence-corrected chi connectivity index (χ2v) is 4.77. The Bertz CT molecular complexity index is 498. The van der Waals surface area contributed by atoms with Gasteiger partial charge in [0.2, 0.25) is 0 Å². The van der Waals surface area contributed by atoms with Gasteiger partial charge in [-0.3, -0.25) is 4.79 Å². The number of amides is 1. The van der Waals surface area contributed by atoms with Gasteiger partial charge in [0.15, 0.2) is 0 Å². The Morgan fingerprint density at radius 2 is 2.26 bits per heavy atom. The van der Waals surface area contributed by atoms with E-state index >= 15 is 0 Å². The molecule has 0 aliphatic carbocycles. The van der Waals surface area contributed by atoms with Gasteiger partial charge < -0.3 is 20.3 Å². The summed E-state index contributed by atoms with van der Waals surface area (Å²) in [5.74, 6) is 0.883. The highest BCUT2D eigenvalue weighted by Gasteiger charge is 2.25. The summed E-state index contributed by atoms with van der Waals surface area (Å²) < 4.78 is 5.35. The fourth-order valence-electron chi connectivity index (χ4n) is 2.54. The van der Waals surface area contributed by atoms with Crippen LogP contribution in [0.1, 0.15) is 21.6 Å². The van der Waals surface area contributed by atoms with Crippen LogP contribution in [0.5, 0.6) is 0 Å². The number of aromatic nitrogens is 1. The quantitative estimate of drug-likeness (QED) is 0.795. The van der Waals surface area contributed by atoms with Gasteiger partial charge in [0.1, 0.15) is 5.82 Å². The molecule has 0 saturated carbocycles. The Morgan fingerprint density at radius 3 is 3.00 bits per heavy atom. The highest BCUT2D eigenvalue weighted by atomic mass is 16.5. The number of anilines is 1. The van der Waals surface area contributed by atoms with Crippen molar-refractivity contribution >= 4 is 11.7 Å². The number of nitrogens with zero attached hydrogens (tertiary/aromatic N) is 2. The molecule has 3 heterocycles. The van der Waals surface area contributed by atoms with E-state index in [4.69, 9.17) is 9.72 Å². The summed E-state index contributed by atoms with van der Waals surface area (Å²) in [5, 5.41) is 5.98. The van der Waals surface area contributed by atoms with Gasteiger partial charge >= 0.3 is 0 Å². The maximum absolute atomic E-state index is 11.9. The van der Waals surface area contributed by atoms with Crippen molar-refractivity contribution in [2.24, 2.45) is 0 Å². The molecule has 2 N–H and O–H groups in total. The van der Waals surface area contributed by atoms with E-state index in [0.717, 1.165) is 35.7 Å². The first-order valence-electron chi connectivity index (χ1n) is 6.58. The fraction of sp³-hybridized carbons (Fsp3) is 0.538. The average molecular weight is 262 g/mol. The Kier molecular flexibility index (Phi) is 3.35. The minimum Gasteiger partial charge on any atom is -0.378 e. The molecule has 0 atom stereocenters. The molecule has 1 fully saturated rings. The molecule has 1 aromatic heterocycles. The molecule has 1 saturated heterocycles. The standard InChI is InChI=1S/C13H18N4O2/c1-14-8-11-10-7-15-13(18)9(10)6-12(16-11)17-2-4-19-5-3-17/h6,14H,2-5,7-8H2,1H3,(H,15,18). The van der Waals surface area contributed by atoms with Crippen LogP contribution in [0.4, 0.5) is 5.82 Å². The Labute approximate surface area is 112 Å². The normalized spacial score (nSPS) is 18.4. The lowest BCUT2D eigenvalue weighted by atomic mass is 10.1. The lowest BCUT2D eigenvalue weighted by Crippen LogP contribution is -2.37. The van der Waals surface area contributed by atoms with Crippen molar-refractivity contribution in [1.29, 1.82) is 0 Å². The first-order chi connectivity index (χ1) is 9.29. The van der Waals surface area contributed by atoms with E-state index in [9.17, 15) is 4.79 Å². The summed E-state index contributed by atoms with van der Waals surface area (Å²) in [6.45, 7) is 4.34. The molecule has 1 aromatic rings. The van der Waals surface area contributed by atoms with Crippen molar-refractivity contribution in [3.8, 4) is 0 Å². The molecule has 1 amide bonds. The van der Waals surface area contributed by atoms with Crippen LogP contribution in [0.2, 0.25) is 0 Å². The predicted octanol–water partition coefficient (Wildman–Crippen LogP) is -0.119. The molecule has 0 unspecified atom stereocenters. The largest absolute Gasteiger partial charge is 0.378 e. The molecule has 3 rings (SSSR count). The second-order valence-electron chi connectivity index (χ2n) is 4.77. The van der Waals surface area contributed by atoms with Gasteiger partial charge in [-0.1, -0.05) is 0 Å². The molecular weight excluding hydrogens is 244 g/mol. The monoisotopic (exact) mass is 262 g/mol. The first-order valence-corrected chi connectivity index (χ1v) is 6.58. The van der Waals surface area contributed by atoms with Crippen molar-refractivity contribution in [2.75, 3.05) is 38.3 Å². The predicted molar refractivity (Wildman–Crippen MR) is 71.2 cm³/mol. The fourth-order valence-corrected chi connectivity index (χ4v) is 2.54. The van der Waals surface area contributed by atoms with Crippen molar-refractivity contribution < 1.29 is 9.53 Å². The third-order valence-corrected chi connectivity index (χ3v) is 3.55. The summed E-state index contributed by atoms with van der Waals surface area (Å²) in [6.07, 6.45) is 0. The molecule has 0 radical (unpaired) electrons. The number of hydrogen-bond acceptors (Lipinski definition) is 5. The molecule has 6 nitrogen and oxygen atoms in total. The number of ether oxygens (including phenoxy) is 1. The van der Waals surface area contributed by atoms with Gasteiger partial charge in [-0.05, 0) is 13.1 Å². The summed E-state index contributed by atoms with van der Waals surface area (Å²) in [6, 6.07) is 1.90. The van der Waals surface area contributed by atoms with Gasteiger partial charge in [0.25, 0.3) is 5.91 Å². The molecular formula is C13H18N4O2. The van der Waals surface area contributed by atoms with E-state index in [-0.39, 0.29) is 5.91 Å². The van der Waals surface area contributed by atoms with Gasteiger partial charge in [0.05, 0.1) is 18.9 Å². The summed E-state index contributed by atoms with van der Waals surface area (Å²) >= 11 is 0. The highest BCUT2D eigenvalue weighted by Crippen LogP contribution is 2.24. The highest BCUT2D eigenvalue weighted by molar-refractivity contribution is 5.99. The number of fused-ring (bicyclic) bond motifs is 1. The number of hydrogen-bond donors (Lipinski definition) is 2. The number of nitrogens with one attached hydrogen (secondary N) is 2. The van der Waals surface area contributed by atoms with E-state index in [1.807, 2.05) is 13.1 Å². The van der Waals surface area contributed by atoms with E-state index in [0.29, 0.717) is 26.3 Å². The van der Waals surface area contributed by atoms with Crippen LogP contribution in [0.15, 0.2) is 6.07 Å². The zero-order chi connectivity index (χ0) is 13.2. The SMILES string of the molecule is CNCc1nc(N2CCOCC2)cc2c1CNC2=O. The smallest absolute Gasteiger partial charge is 0.252 e. The maximum atomic E-state index is 11.9. The van der Waals surface area contributed by atoms with E-state index in [1.54, 1.807) is 0 Å². The van der Waals surface area contributed by atoms with Gasteiger partial charge in [0, 0.05) is 37.3 Å². The summed E-state index contributed by atoms with van der Waals surface area (Å²) in [4.78, 5) is 18.7. The van der Waals surface area contributed by atoms with E-state index in [1.165, 1.54) is 0 Å². The van der Waals surface area contributed by atoms with Crippen molar-refractivity contribution in [3.63, 3.8) is 0 Å². The van der Waals surface area contributed by atoms with Crippen LogP contribution in [0.25, 0.3) is 0 Å². The molecule has 2 aliphatic heterocycles. The van der Waals surface area contributed by atoms with Crippen LogP contribution in [0.3, 0.4) is 0 Å². The van der Waals surface area contributed by atoms with Crippen molar-refractivity contribution in [1.82, 2.24) is 15.6 Å². The van der Waals surface area contributed by atoms with Crippen LogP contribution in [0, 0.1) is 0 Å². The van der Waals surface area contributed by atoms with Gasteiger partial charge in [-0.2, -0.15) is 0 Å². The summed E-state index contributed by atoms with van der Waals surface area (Å²) in [7, 11) is 1.89. The zero-order valence-electron chi connectivity index (χ0n) is 11.0. The Balaban J connectivity index is 1.98. The topological polar surface area (TPSA) is 66.5 Å². The molecule has 19 heavy (non-hydrogen) atoms. The van der Waals surface area contributed by atoms with Crippen molar-refractivity contribution in [3.05, 3.63) is 22.9 Å². The van der Waals surface area contributed by atoms with Gasteiger partial charge in [-0.15, -0.1) is 0 Å². The van der Waals surface area contributed by atoms with Crippen LogP contribution >= 0.6 is 0 Å². The van der Waals surface area contributed by atoms with Gasteiger partial charge in [-0.25, -0.2) is 4.98 Å². The molecule has 2 aliphatic rings. The molecule has 102 valence electrons. The van der Waals surface area contributed by atoms with Crippen LogP contribution in [-0.4, -0.2) is 44.2 Å². The number of rotatable bonds is 3. The van der Waals surface area contributed by atoms with E-state index in [2.05, 4.69) is 15.5 Å². The lowest BCUT2D eigenvalue weighted by Gasteiger charge is -2.28. The van der Waals surface area contributed by atoms with Crippen LogP contribution < -0.4 is 15.5 Å². The molecule has 0 aromatic carbocycles. The maximum Gasteiger partial charge on any atom is 0.252 e. The van der Waals surface area contributed by atoms with Crippen molar-refractivity contribution in [2.45, 2.75) is 13.1 Å². The van der Waals surface area contributed by atoms with Crippen LogP contribution in [-0.2, 0) is 17.8 Å². The lowest BCUT2D eigenvalue weighted by molar-refractivity contribution is 0.0965. The average Bonchev–Trinajstić information content (AvgIpc) is 2.82. The number of carbonyl (C=O) groups is 1. The second kappa shape index (κ2) is 5.14. The number of pyridine rings is 1. The number of carbonyl (C=O) groups excluding carboxylic acids is 1. The summed E-state index contributed by atoms with van der Waals surface area (Å²) in [5.41, 5.74) is 2.75.